The SMILES string of the molecule is Cn1c(=O)c2cc(C(=O)N[C@@H]3CCOc4ccccc43)cnc2n(C)c1=O. The van der Waals surface area contributed by atoms with Gasteiger partial charge in [-0.1, -0.05) is 18.2 Å². The monoisotopic (exact) mass is 366 g/mol. The Morgan fingerprint density at radius 2 is 2.00 bits per heavy atom. The summed E-state index contributed by atoms with van der Waals surface area (Å²) in [6.45, 7) is 0.514. The number of amides is 1. The third-order valence-electron chi connectivity index (χ3n) is 4.82. The van der Waals surface area contributed by atoms with E-state index in [0.29, 0.717) is 13.0 Å². The molecule has 0 aliphatic carbocycles. The number of ether oxygens (including phenoxy) is 1. The molecule has 0 saturated carbocycles. The summed E-state index contributed by atoms with van der Waals surface area (Å²) < 4.78 is 7.90. The fourth-order valence-corrected chi connectivity index (χ4v) is 3.32. The van der Waals surface area contributed by atoms with E-state index < -0.39 is 11.2 Å². The van der Waals surface area contributed by atoms with Gasteiger partial charge in [0.2, 0.25) is 0 Å². The number of nitrogens with one attached hydrogen (secondary N) is 1. The number of aryl methyl sites for hydroxylation is 1. The van der Waals surface area contributed by atoms with E-state index >= 15 is 0 Å². The molecule has 0 fully saturated rings. The third kappa shape index (κ3) is 2.79. The number of benzene rings is 1. The van der Waals surface area contributed by atoms with Gasteiger partial charge in [0.25, 0.3) is 11.5 Å². The van der Waals surface area contributed by atoms with Crippen LogP contribution in [-0.4, -0.2) is 26.6 Å². The standard InChI is InChI=1S/C19H18N4O4/c1-22-16-13(18(25)23(2)19(22)26)9-11(10-20-16)17(24)21-14-7-8-27-15-6-4-3-5-12(14)15/h3-6,9-10,14H,7-8H2,1-2H3,(H,21,24)/t14-/m1/s1. The van der Waals surface area contributed by atoms with Crippen LogP contribution in [-0.2, 0) is 14.1 Å². The molecule has 1 N–H and O–H groups in total. The normalized spacial score (nSPS) is 15.9. The number of hydrogen-bond acceptors (Lipinski definition) is 5. The number of hydrogen-bond donors (Lipinski definition) is 1. The van der Waals surface area contributed by atoms with E-state index in [0.717, 1.165) is 15.9 Å². The highest BCUT2D eigenvalue weighted by Crippen LogP contribution is 2.31. The van der Waals surface area contributed by atoms with Gasteiger partial charge in [-0.05, 0) is 12.1 Å². The van der Waals surface area contributed by atoms with E-state index in [1.54, 1.807) is 0 Å². The molecule has 2 aromatic heterocycles. The molecule has 1 aliphatic heterocycles. The van der Waals surface area contributed by atoms with Crippen LogP contribution in [0.3, 0.4) is 0 Å². The van der Waals surface area contributed by atoms with E-state index in [4.69, 9.17) is 4.74 Å². The van der Waals surface area contributed by atoms with Crippen molar-refractivity contribution in [1.29, 1.82) is 0 Å². The first-order chi connectivity index (χ1) is 13.0. The molecule has 0 spiro atoms. The molecule has 3 aromatic rings. The van der Waals surface area contributed by atoms with Crippen molar-refractivity contribution in [2.45, 2.75) is 12.5 Å². The van der Waals surface area contributed by atoms with E-state index in [1.807, 2.05) is 24.3 Å². The lowest BCUT2D eigenvalue weighted by Gasteiger charge is -2.26. The van der Waals surface area contributed by atoms with E-state index in [9.17, 15) is 14.4 Å². The number of rotatable bonds is 2. The fourth-order valence-electron chi connectivity index (χ4n) is 3.32. The Labute approximate surface area is 154 Å². The molecule has 0 saturated heterocycles. The van der Waals surface area contributed by atoms with Gasteiger partial charge >= 0.3 is 5.69 Å². The van der Waals surface area contributed by atoms with Crippen LogP contribution in [0.5, 0.6) is 5.75 Å². The second-order valence-electron chi connectivity index (χ2n) is 6.50. The first-order valence-electron chi connectivity index (χ1n) is 8.55. The number of carbonyl (C=O) groups excluding carboxylic acids is 1. The van der Waals surface area contributed by atoms with Gasteiger partial charge < -0.3 is 10.1 Å². The molecule has 1 atom stereocenters. The molecule has 0 radical (unpaired) electrons. The number of nitrogens with zero attached hydrogens (tertiary/aromatic N) is 3. The van der Waals surface area contributed by atoms with Crippen LogP contribution in [0.2, 0.25) is 0 Å². The highest BCUT2D eigenvalue weighted by atomic mass is 16.5. The molecule has 138 valence electrons. The van der Waals surface area contributed by atoms with Gasteiger partial charge in [0.1, 0.15) is 11.4 Å². The minimum absolute atomic E-state index is 0.180. The van der Waals surface area contributed by atoms with Crippen LogP contribution in [0.4, 0.5) is 0 Å². The zero-order valence-electron chi connectivity index (χ0n) is 14.9. The van der Waals surface area contributed by atoms with Gasteiger partial charge in [0.05, 0.1) is 23.6 Å². The van der Waals surface area contributed by atoms with Crippen molar-refractivity contribution in [2.24, 2.45) is 14.1 Å². The van der Waals surface area contributed by atoms with Crippen molar-refractivity contribution in [2.75, 3.05) is 6.61 Å². The quantitative estimate of drug-likeness (QED) is 0.727. The summed E-state index contributed by atoms with van der Waals surface area (Å²) in [5, 5.41) is 3.20. The van der Waals surface area contributed by atoms with Gasteiger partial charge in [0.15, 0.2) is 0 Å². The van der Waals surface area contributed by atoms with Crippen molar-refractivity contribution < 1.29 is 9.53 Å². The van der Waals surface area contributed by atoms with Crippen LogP contribution in [0.25, 0.3) is 11.0 Å². The van der Waals surface area contributed by atoms with Crippen molar-refractivity contribution >= 4 is 16.9 Å². The fraction of sp³-hybridized carbons (Fsp3) is 0.263. The lowest BCUT2D eigenvalue weighted by atomic mass is 10.0. The Balaban J connectivity index is 1.70. The molecule has 1 amide bonds. The maximum Gasteiger partial charge on any atom is 0.332 e. The maximum atomic E-state index is 12.7. The number of pyridine rings is 1. The summed E-state index contributed by atoms with van der Waals surface area (Å²) in [5.41, 5.74) is 0.491. The predicted molar refractivity (Wildman–Crippen MR) is 99.0 cm³/mol. The molecular formula is C19H18N4O4. The average Bonchev–Trinajstić information content (AvgIpc) is 2.70. The van der Waals surface area contributed by atoms with Crippen LogP contribution in [0.1, 0.15) is 28.4 Å². The molecule has 3 heterocycles. The molecule has 0 unspecified atom stereocenters. The topological polar surface area (TPSA) is 95.2 Å². The van der Waals surface area contributed by atoms with Gasteiger partial charge in [-0.2, -0.15) is 0 Å². The number of fused-ring (bicyclic) bond motifs is 2. The molecule has 27 heavy (non-hydrogen) atoms. The van der Waals surface area contributed by atoms with Gasteiger partial charge in [-0.3, -0.25) is 18.7 Å². The summed E-state index contributed by atoms with van der Waals surface area (Å²) >= 11 is 0. The molecule has 1 aromatic carbocycles. The summed E-state index contributed by atoms with van der Waals surface area (Å²) in [5.74, 6) is 0.427. The highest BCUT2D eigenvalue weighted by Gasteiger charge is 2.23. The first-order valence-corrected chi connectivity index (χ1v) is 8.55. The summed E-state index contributed by atoms with van der Waals surface area (Å²) in [4.78, 5) is 41.3. The average molecular weight is 366 g/mol. The van der Waals surface area contributed by atoms with Crippen LogP contribution in [0, 0.1) is 0 Å². The van der Waals surface area contributed by atoms with E-state index in [-0.39, 0.29) is 28.5 Å². The maximum absolute atomic E-state index is 12.7. The van der Waals surface area contributed by atoms with Crippen LogP contribution < -0.4 is 21.3 Å². The second-order valence-corrected chi connectivity index (χ2v) is 6.50. The minimum Gasteiger partial charge on any atom is -0.493 e. The highest BCUT2D eigenvalue weighted by molar-refractivity contribution is 5.97. The molecule has 1 aliphatic rings. The number of aromatic nitrogens is 3. The summed E-state index contributed by atoms with van der Waals surface area (Å²) in [6, 6.07) is 8.87. The molecule has 8 nitrogen and oxygen atoms in total. The molecule has 0 bridgehead atoms. The minimum atomic E-state index is -0.480. The summed E-state index contributed by atoms with van der Waals surface area (Å²) in [7, 11) is 2.94. The first kappa shape index (κ1) is 17.0. The summed E-state index contributed by atoms with van der Waals surface area (Å²) in [6.07, 6.45) is 2.03. The van der Waals surface area contributed by atoms with E-state index in [2.05, 4.69) is 10.3 Å². The molecule has 4 rings (SSSR count). The van der Waals surface area contributed by atoms with Crippen molar-refractivity contribution in [3.63, 3.8) is 0 Å². The predicted octanol–water partition coefficient (Wildman–Crippen LogP) is 0.886. The second kappa shape index (κ2) is 6.39. The number of carbonyl (C=O) groups is 1. The largest absolute Gasteiger partial charge is 0.493 e. The van der Waals surface area contributed by atoms with E-state index in [1.165, 1.54) is 30.9 Å². The Morgan fingerprint density at radius 3 is 2.81 bits per heavy atom. The van der Waals surface area contributed by atoms with Crippen LogP contribution >= 0.6 is 0 Å². The van der Waals surface area contributed by atoms with Gasteiger partial charge in [0, 0.05) is 32.3 Å². The lowest BCUT2D eigenvalue weighted by Crippen LogP contribution is -2.37. The smallest absolute Gasteiger partial charge is 0.332 e. The van der Waals surface area contributed by atoms with Crippen molar-refractivity contribution in [1.82, 2.24) is 19.4 Å². The third-order valence-corrected chi connectivity index (χ3v) is 4.82. The molecular weight excluding hydrogens is 348 g/mol. The number of para-hydroxylation sites is 1. The van der Waals surface area contributed by atoms with Crippen LogP contribution in [0.15, 0.2) is 46.1 Å². The Hall–Kier alpha value is -3.42. The Morgan fingerprint density at radius 1 is 1.22 bits per heavy atom. The Bertz CT molecular complexity index is 1180. The lowest BCUT2D eigenvalue weighted by molar-refractivity contribution is 0.0924. The zero-order valence-corrected chi connectivity index (χ0v) is 14.9. The zero-order chi connectivity index (χ0) is 19.1. The molecule has 8 heteroatoms. The van der Waals surface area contributed by atoms with Crippen molar-refractivity contribution in [3.8, 4) is 5.75 Å². The van der Waals surface area contributed by atoms with Gasteiger partial charge in [-0.25, -0.2) is 9.78 Å². The Kier molecular flexibility index (Phi) is 4.02. The van der Waals surface area contributed by atoms with Crippen molar-refractivity contribution in [3.05, 3.63) is 68.5 Å². The van der Waals surface area contributed by atoms with Gasteiger partial charge in [-0.15, -0.1) is 0 Å².